The van der Waals surface area contributed by atoms with Gasteiger partial charge in [-0.25, -0.2) is 0 Å². The molecule has 1 aromatic rings. The van der Waals surface area contributed by atoms with Crippen LogP contribution in [0.15, 0.2) is 24.3 Å². The number of Topliss-reactive ketones (excluding diaryl/α,β-unsaturated/α-hetero) is 2. The van der Waals surface area contributed by atoms with E-state index in [1.54, 1.807) is 13.8 Å². The summed E-state index contributed by atoms with van der Waals surface area (Å²) in [7, 11) is 0. The lowest BCUT2D eigenvalue weighted by molar-refractivity contribution is -0.385. The molecular weight excluding hydrogens is 342 g/mol. The van der Waals surface area contributed by atoms with Crippen LogP contribution in [0.1, 0.15) is 37.0 Å². The molecule has 2 amide bonds. The van der Waals surface area contributed by atoms with Crippen LogP contribution < -0.4 is 10.9 Å². The lowest BCUT2D eigenvalue weighted by atomic mass is 9.68. The first kappa shape index (κ1) is 17.7. The van der Waals surface area contributed by atoms with Gasteiger partial charge in [0, 0.05) is 12.0 Å². The number of nitro groups is 1. The number of amides is 2. The van der Waals surface area contributed by atoms with Gasteiger partial charge in [-0.15, -0.1) is 0 Å². The zero-order valence-corrected chi connectivity index (χ0v) is 14.2. The highest BCUT2D eigenvalue weighted by atomic mass is 16.6. The Bertz CT molecular complexity index is 862. The van der Waals surface area contributed by atoms with Gasteiger partial charge in [-0.3, -0.25) is 40.1 Å². The Hall–Kier alpha value is -3.10. The second kappa shape index (κ2) is 5.72. The Morgan fingerprint density at radius 1 is 1.19 bits per heavy atom. The number of hydrogen-bond donors (Lipinski definition) is 2. The van der Waals surface area contributed by atoms with E-state index in [1.165, 1.54) is 24.3 Å². The number of nitrogens with one attached hydrogen (secondary N) is 2. The third-order valence-electron chi connectivity index (χ3n) is 5.73. The van der Waals surface area contributed by atoms with Crippen LogP contribution in [0.3, 0.4) is 0 Å². The fourth-order valence-corrected chi connectivity index (χ4v) is 4.20. The number of hydrazine groups is 1. The van der Waals surface area contributed by atoms with Gasteiger partial charge in [0.15, 0.2) is 0 Å². The number of fused-ring (bicyclic) bond motifs is 2. The van der Waals surface area contributed by atoms with Crippen molar-refractivity contribution in [3.63, 3.8) is 0 Å². The zero-order chi connectivity index (χ0) is 19.3. The topological polar surface area (TPSA) is 135 Å². The largest absolute Gasteiger partial charge is 0.291 e. The first-order chi connectivity index (χ1) is 12.1. The Morgan fingerprint density at radius 3 is 2.42 bits per heavy atom. The van der Waals surface area contributed by atoms with E-state index in [0.29, 0.717) is 6.42 Å². The third-order valence-corrected chi connectivity index (χ3v) is 5.73. The standard InChI is InChI=1S/C17H17N3O6/c1-16(2)10-7-8-17(16,13(22)12(10)21)15(24)19-18-14(23)9-5-3-4-6-11(9)20(25)26/h3-6,10H,7-8H2,1-2H3,(H,18,23)(H,19,24). The van der Waals surface area contributed by atoms with E-state index in [4.69, 9.17) is 0 Å². The summed E-state index contributed by atoms with van der Waals surface area (Å²) < 4.78 is 0. The highest BCUT2D eigenvalue weighted by molar-refractivity contribution is 6.47. The second-order valence-electron chi connectivity index (χ2n) is 7.09. The van der Waals surface area contributed by atoms with E-state index >= 15 is 0 Å². The molecule has 2 aliphatic rings. The molecule has 0 aromatic heterocycles. The smallest absolute Gasteiger partial charge is 0.282 e. The molecule has 0 saturated heterocycles. The second-order valence-corrected chi connectivity index (χ2v) is 7.09. The first-order valence-electron chi connectivity index (χ1n) is 8.07. The zero-order valence-electron chi connectivity index (χ0n) is 14.2. The molecule has 26 heavy (non-hydrogen) atoms. The quantitative estimate of drug-likeness (QED) is 0.357. The van der Waals surface area contributed by atoms with Gasteiger partial charge in [0.2, 0.25) is 11.6 Å². The number of carbonyl (C=O) groups is 4. The maximum atomic E-state index is 12.7. The van der Waals surface area contributed by atoms with E-state index in [0.717, 1.165) is 0 Å². The molecule has 1 aromatic carbocycles. The molecule has 9 heteroatoms. The molecule has 2 fully saturated rings. The van der Waals surface area contributed by atoms with Gasteiger partial charge < -0.3 is 0 Å². The number of nitrogens with zero attached hydrogens (tertiary/aromatic N) is 1. The molecule has 9 nitrogen and oxygen atoms in total. The molecule has 0 radical (unpaired) electrons. The van der Waals surface area contributed by atoms with Gasteiger partial charge >= 0.3 is 0 Å². The maximum absolute atomic E-state index is 12.7. The van der Waals surface area contributed by atoms with Crippen molar-refractivity contribution in [3.8, 4) is 0 Å². The predicted octanol–water partition coefficient (Wildman–Crippen LogP) is 0.930. The van der Waals surface area contributed by atoms with Crippen molar-refractivity contribution in [3.05, 3.63) is 39.9 Å². The van der Waals surface area contributed by atoms with Crippen LogP contribution in [-0.2, 0) is 14.4 Å². The van der Waals surface area contributed by atoms with Crippen molar-refractivity contribution in [1.29, 1.82) is 0 Å². The summed E-state index contributed by atoms with van der Waals surface area (Å²) in [5.41, 5.74) is 1.28. The number of carbonyl (C=O) groups excluding carboxylic acids is 4. The van der Waals surface area contributed by atoms with E-state index in [-0.39, 0.29) is 12.0 Å². The first-order valence-corrected chi connectivity index (χ1v) is 8.07. The summed E-state index contributed by atoms with van der Waals surface area (Å²) >= 11 is 0. The molecule has 2 unspecified atom stereocenters. The summed E-state index contributed by atoms with van der Waals surface area (Å²) in [6.07, 6.45) is 0.658. The number of hydrogen-bond acceptors (Lipinski definition) is 6. The predicted molar refractivity (Wildman–Crippen MR) is 87.7 cm³/mol. The summed E-state index contributed by atoms with van der Waals surface area (Å²) in [5.74, 6) is -3.46. The fraction of sp³-hybridized carbons (Fsp3) is 0.412. The highest BCUT2D eigenvalue weighted by Gasteiger charge is 2.72. The average Bonchev–Trinajstić information content (AvgIpc) is 2.95. The molecule has 2 atom stereocenters. The molecule has 3 rings (SSSR count). The molecule has 2 aliphatic carbocycles. The van der Waals surface area contributed by atoms with Crippen molar-refractivity contribution >= 4 is 29.1 Å². The number of nitro benzene ring substituents is 1. The van der Waals surface area contributed by atoms with Crippen molar-refractivity contribution in [1.82, 2.24) is 10.9 Å². The Balaban J connectivity index is 1.80. The number of ketones is 2. The molecule has 2 bridgehead atoms. The van der Waals surface area contributed by atoms with E-state index in [2.05, 4.69) is 10.9 Å². The number of benzene rings is 1. The van der Waals surface area contributed by atoms with Gasteiger partial charge in [-0.05, 0) is 24.3 Å². The molecule has 136 valence electrons. The van der Waals surface area contributed by atoms with Crippen LogP contribution in [0, 0.1) is 26.9 Å². The number of para-hydroxylation sites is 1. The van der Waals surface area contributed by atoms with Gasteiger partial charge in [0.05, 0.1) is 4.92 Å². The summed E-state index contributed by atoms with van der Waals surface area (Å²) in [6, 6.07) is 5.28. The summed E-state index contributed by atoms with van der Waals surface area (Å²) in [5, 5.41) is 11.0. The average molecular weight is 359 g/mol. The van der Waals surface area contributed by atoms with Gasteiger partial charge in [0.25, 0.3) is 17.5 Å². The minimum absolute atomic E-state index is 0.225. The normalized spacial score (nSPS) is 25.8. The summed E-state index contributed by atoms with van der Waals surface area (Å²) in [4.78, 5) is 59.7. The van der Waals surface area contributed by atoms with Gasteiger partial charge in [-0.2, -0.15) is 0 Å². The molecule has 0 heterocycles. The van der Waals surface area contributed by atoms with Crippen molar-refractivity contribution in [2.24, 2.45) is 16.7 Å². The Morgan fingerprint density at radius 2 is 1.85 bits per heavy atom. The molecule has 2 saturated carbocycles. The Labute approximate surface area is 148 Å². The lowest BCUT2D eigenvalue weighted by Crippen LogP contribution is -2.55. The lowest BCUT2D eigenvalue weighted by Gasteiger charge is -2.33. The molecular formula is C17H17N3O6. The minimum atomic E-state index is -1.52. The number of rotatable bonds is 3. The van der Waals surface area contributed by atoms with Crippen LogP contribution in [-0.4, -0.2) is 28.3 Å². The van der Waals surface area contributed by atoms with Crippen LogP contribution in [0.2, 0.25) is 0 Å². The van der Waals surface area contributed by atoms with Crippen LogP contribution in [0.5, 0.6) is 0 Å². The molecule has 0 spiro atoms. The SMILES string of the molecule is CC1(C)C2CCC1(C(=O)NNC(=O)c1ccccc1[N+](=O)[O-])C(=O)C2=O. The van der Waals surface area contributed by atoms with E-state index < -0.39 is 50.7 Å². The highest BCUT2D eigenvalue weighted by Crippen LogP contribution is 2.62. The molecule has 2 N–H and O–H groups in total. The van der Waals surface area contributed by atoms with Gasteiger partial charge in [-0.1, -0.05) is 26.0 Å². The van der Waals surface area contributed by atoms with Gasteiger partial charge in [0.1, 0.15) is 11.0 Å². The van der Waals surface area contributed by atoms with Crippen molar-refractivity contribution < 1.29 is 24.1 Å². The van der Waals surface area contributed by atoms with E-state index in [1.807, 2.05) is 0 Å². The Kier molecular flexibility index (Phi) is 3.90. The fourth-order valence-electron chi connectivity index (χ4n) is 4.20. The van der Waals surface area contributed by atoms with E-state index in [9.17, 15) is 29.3 Å². The minimum Gasteiger partial charge on any atom is -0.291 e. The maximum Gasteiger partial charge on any atom is 0.282 e. The van der Waals surface area contributed by atoms with Crippen LogP contribution >= 0.6 is 0 Å². The monoisotopic (exact) mass is 359 g/mol. The van der Waals surface area contributed by atoms with Crippen LogP contribution in [0.25, 0.3) is 0 Å². The third kappa shape index (κ3) is 2.16. The van der Waals surface area contributed by atoms with Crippen LogP contribution in [0.4, 0.5) is 5.69 Å². The summed E-state index contributed by atoms with van der Waals surface area (Å²) in [6.45, 7) is 3.38. The molecule has 0 aliphatic heterocycles. The van der Waals surface area contributed by atoms with Crippen molar-refractivity contribution in [2.75, 3.05) is 0 Å². The van der Waals surface area contributed by atoms with Crippen molar-refractivity contribution in [2.45, 2.75) is 26.7 Å².